The molecule has 0 aromatic heterocycles. The van der Waals surface area contributed by atoms with Crippen LogP contribution in [-0.4, -0.2) is 29.9 Å². The molecule has 6 nitrogen and oxygen atoms in total. The largest absolute Gasteiger partial charge is 0.573 e. The zero-order chi connectivity index (χ0) is 20.6. The van der Waals surface area contributed by atoms with Crippen LogP contribution in [0.15, 0.2) is 54.6 Å². The van der Waals surface area contributed by atoms with E-state index in [0.717, 1.165) is 0 Å². The van der Waals surface area contributed by atoms with Crippen molar-refractivity contribution in [3.05, 3.63) is 65.7 Å². The third-order valence-electron chi connectivity index (χ3n) is 3.26. The van der Waals surface area contributed by atoms with Crippen LogP contribution in [0.5, 0.6) is 11.5 Å². The van der Waals surface area contributed by atoms with Crippen molar-refractivity contribution in [2.75, 3.05) is 6.54 Å². The molecule has 0 aliphatic carbocycles. The van der Waals surface area contributed by atoms with Crippen molar-refractivity contribution < 1.29 is 37.3 Å². The van der Waals surface area contributed by atoms with Crippen molar-refractivity contribution in [1.29, 1.82) is 0 Å². The molecule has 0 spiro atoms. The van der Waals surface area contributed by atoms with Crippen LogP contribution in [0.3, 0.4) is 0 Å². The Morgan fingerprint density at radius 2 is 1.79 bits per heavy atom. The normalized spacial score (nSPS) is 11.2. The van der Waals surface area contributed by atoms with Crippen molar-refractivity contribution >= 4 is 18.0 Å². The van der Waals surface area contributed by atoms with E-state index in [9.17, 15) is 22.8 Å². The predicted octanol–water partition coefficient (Wildman–Crippen LogP) is 3.38. The number of nitrogens with one attached hydrogen (secondary N) is 1. The quantitative estimate of drug-likeness (QED) is 0.670. The molecule has 148 valence electrons. The second-order valence-corrected chi connectivity index (χ2v) is 5.50. The smallest absolute Gasteiger partial charge is 0.489 e. The number of carbonyl (C=O) groups excluding carboxylic acids is 1. The van der Waals surface area contributed by atoms with E-state index in [0.29, 0.717) is 16.9 Å². The Morgan fingerprint density at radius 3 is 2.43 bits per heavy atom. The van der Waals surface area contributed by atoms with E-state index in [-0.39, 0.29) is 12.4 Å². The minimum Gasteiger partial charge on any atom is -0.489 e. The molecule has 0 fully saturated rings. The van der Waals surface area contributed by atoms with Gasteiger partial charge in [0.1, 0.15) is 24.7 Å². The number of carboxylic acid groups (broad SMARTS) is 1. The first-order valence-electron chi connectivity index (χ1n) is 7.96. The number of ether oxygens (including phenoxy) is 2. The summed E-state index contributed by atoms with van der Waals surface area (Å²) in [5, 5.41) is 10.7. The Balaban J connectivity index is 1.88. The fourth-order valence-corrected chi connectivity index (χ4v) is 2.07. The predicted molar refractivity (Wildman–Crippen MR) is 93.6 cm³/mol. The number of benzene rings is 2. The highest BCUT2D eigenvalue weighted by molar-refractivity contribution is 5.93. The molecule has 0 aliphatic rings. The van der Waals surface area contributed by atoms with E-state index in [1.807, 2.05) is 0 Å². The summed E-state index contributed by atoms with van der Waals surface area (Å²) in [7, 11) is 0. The Hall–Kier alpha value is -3.49. The summed E-state index contributed by atoms with van der Waals surface area (Å²) >= 11 is 0. The molecule has 0 saturated carbocycles. The van der Waals surface area contributed by atoms with Gasteiger partial charge in [-0.05, 0) is 41.5 Å². The minimum atomic E-state index is -4.76. The molecule has 0 saturated heterocycles. The van der Waals surface area contributed by atoms with Gasteiger partial charge in [-0.3, -0.25) is 9.59 Å². The van der Waals surface area contributed by atoms with Crippen LogP contribution >= 0.6 is 0 Å². The number of carbonyl (C=O) groups is 2. The average Bonchev–Trinajstić information content (AvgIpc) is 2.63. The molecular formula is C19H16F3NO5. The lowest BCUT2D eigenvalue weighted by molar-refractivity contribution is -0.274. The molecule has 0 atom stereocenters. The van der Waals surface area contributed by atoms with E-state index in [1.165, 1.54) is 30.4 Å². The zero-order valence-corrected chi connectivity index (χ0v) is 14.4. The summed E-state index contributed by atoms with van der Waals surface area (Å²) in [5.41, 5.74) is 1.18. The lowest BCUT2D eigenvalue weighted by atomic mass is 10.2. The van der Waals surface area contributed by atoms with Crippen LogP contribution in [0.25, 0.3) is 6.08 Å². The van der Waals surface area contributed by atoms with Crippen LogP contribution in [0.1, 0.15) is 11.1 Å². The molecule has 2 rings (SSSR count). The summed E-state index contributed by atoms with van der Waals surface area (Å²) in [5.74, 6) is -1.52. The number of hydrogen-bond acceptors (Lipinski definition) is 4. The number of aliphatic carboxylic acids is 1. The number of halogens is 3. The Labute approximate surface area is 158 Å². The molecule has 2 aromatic carbocycles. The van der Waals surface area contributed by atoms with Gasteiger partial charge in [0.2, 0.25) is 5.91 Å². The fraction of sp³-hybridized carbons (Fsp3) is 0.158. The molecule has 2 aromatic rings. The van der Waals surface area contributed by atoms with Crippen LogP contribution in [0.2, 0.25) is 0 Å². The maximum Gasteiger partial charge on any atom is 0.573 e. The summed E-state index contributed by atoms with van der Waals surface area (Å²) < 4.78 is 46.1. The molecule has 0 heterocycles. The van der Waals surface area contributed by atoms with E-state index < -0.39 is 24.8 Å². The molecule has 0 aliphatic heterocycles. The van der Waals surface area contributed by atoms with Gasteiger partial charge in [-0.15, -0.1) is 13.2 Å². The first-order chi connectivity index (χ1) is 13.2. The molecule has 0 bridgehead atoms. The van der Waals surface area contributed by atoms with Gasteiger partial charge in [0.05, 0.1) is 0 Å². The zero-order valence-electron chi connectivity index (χ0n) is 14.4. The summed E-state index contributed by atoms with van der Waals surface area (Å²) in [4.78, 5) is 21.7. The minimum absolute atomic E-state index is 0.0435. The fourth-order valence-electron chi connectivity index (χ4n) is 2.07. The first kappa shape index (κ1) is 20.8. The molecule has 0 radical (unpaired) electrons. The molecule has 2 N–H and O–H groups in total. The topological polar surface area (TPSA) is 84.9 Å². The van der Waals surface area contributed by atoms with Crippen molar-refractivity contribution in [2.24, 2.45) is 0 Å². The summed E-state index contributed by atoms with van der Waals surface area (Å²) in [6, 6.07) is 12.1. The third kappa shape index (κ3) is 7.81. The second-order valence-electron chi connectivity index (χ2n) is 5.50. The lowest BCUT2D eigenvalue weighted by Gasteiger charge is -2.11. The molecule has 0 unspecified atom stereocenters. The van der Waals surface area contributed by atoms with Gasteiger partial charge in [-0.25, -0.2) is 0 Å². The molecular weight excluding hydrogens is 379 g/mol. The van der Waals surface area contributed by atoms with Crippen molar-refractivity contribution in [2.45, 2.75) is 13.0 Å². The van der Waals surface area contributed by atoms with E-state index >= 15 is 0 Å². The molecule has 9 heteroatoms. The maximum atomic E-state index is 12.2. The van der Waals surface area contributed by atoms with Gasteiger partial charge in [-0.1, -0.05) is 24.3 Å². The van der Waals surface area contributed by atoms with Crippen molar-refractivity contribution in [3.8, 4) is 11.5 Å². The number of amides is 1. The van der Waals surface area contributed by atoms with Gasteiger partial charge >= 0.3 is 12.3 Å². The highest BCUT2D eigenvalue weighted by Gasteiger charge is 2.31. The Bertz CT molecular complexity index is 847. The van der Waals surface area contributed by atoms with Crippen LogP contribution < -0.4 is 14.8 Å². The van der Waals surface area contributed by atoms with E-state index in [4.69, 9.17) is 9.84 Å². The summed E-state index contributed by atoms with van der Waals surface area (Å²) in [6.07, 6.45) is -2.06. The van der Waals surface area contributed by atoms with E-state index in [1.54, 1.807) is 30.3 Å². The highest BCUT2D eigenvalue weighted by atomic mass is 19.4. The van der Waals surface area contributed by atoms with Gasteiger partial charge in [0.15, 0.2) is 0 Å². The molecule has 28 heavy (non-hydrogen) atoms. The Morgan fingerprint density at radius 1 is 1.07 bits per heavy atom. The number of alkyl halides is 3. The monoisotopic (exact) mass is 395 g/mol. The maximum absolute atomic E-state index is 12.2. The van der Waals surface area contributed by atoms with E-state index in [2.05, 4.69) is 10.1 Å². The number of rotatable bonds is 8. The third-order valence-corrected chi connectivity index (χ3v) is 3.26. The van der Waals surface area contributed by atoms with Crippen molar-refractivity contribution in [3.63, 3.8) is 0 Å². The second kappa shape index (κ2) is 9.45. The number of hydrogen-bond donors (Lipinski definition) is 2. The summed E-state index contributed by atoms with van der Waals surface area (Å²) in [6.45, 7) is -0.424. The van der Waals surface area contributed by atoms with Crippen LogP contribution in [0, 0.1) is 0 Å². The lowest BCUT2D eigenvalue weighted by Crippen LogP contribution is -2.27. The van der Waals surface area contributed by atoms with Crippen molar-refractivity contribution in [1.82, 2.24) is 5.32 Å². The molecule has 1 amide bonds. The van der Waals surface area contributed by atoms with Gasteiger partial charge < -0.3 is 19.9 Å². The van der Waals surface area contributed by atoms with Crippen LogP contribution in [-0.2, 0) is 16.2 Å². The SMILES string of the molecule is O=C(O)CNC(=O)/C=C/c1ccc(OCc2cccc(OC(F)(F)F)c2)cc1. The first-order valence-corrected chi connectivity index (χ1v) is 7.96. The number of carboxylic acids is 1. The Kier molecular flexibility index (Phi) is 7.02. The average molecular weight is 395 g/mol. The van der Waals surface area contributed by atoms with Crippen LogP contribution in [0.4, 0.5) is 13.2 Å². The standard InChI is InChI=1S/C19H16F3NO5/c20-19(21,22)28-16-3-1-2-14(10-16)12-27-15-7-4-13(5-8-15)6-9-17(24)23-11-18(25)26/h1-10H,11-12H2,(H,23,24)(H,25,26)/b9-6+. The highest BCUT2D eigenvalue weighted by Crippen LogP contribution is 2.24. The van der Waals surface area contributed by atoms with Gasteiger partial charge in [-0.2, -0.15) is 0 Å². The van der Waals surface area contributed by atoms with Gasteiger partial charge in [0.25, 0.3) is 0 Å². The van der Waals surface area contributed by atoms with Gasteiger partial charge in [0, 0.05) is 6.08 Å².